The summed E-state index contributed by atoms with van der Waals surface area (Å²) in [5, 5.41) is 20.1. The van der Waals surface area contributed by atoms with Gasteiger partial charge in [0.15, 0.2) is 0 Å². The lowest BCUT2D eigenvalue weighted by atomic mass is 9.55. The van der Waals surface area contributed by atoms with Gasteiger partial charge in [0.2, 0.25) is 0 Å². The molecular formula is C15H26O2. The Morgan fingerprint density at radius 2 is 2.06 bits per heavy atom. The molecule has 0 amide bonds. The third-order valence-corrected chi connectivity index (χ3v) is 5.12. The molecule has 2 heteroatoms. The van der Waals surface area contributed by atoms with Crippen LogP contribution in [0.4, 0.5) is 0 Å². The Morgan fingerprint density at radius 1 is 1.41 bits per heavy atom. The van der Waals surface area contributed by atoms with E-state index in [0.29, 0.717) is 11.8 Å². The van der Waals surface area contributed by atoms with Crippen molar-refractivity contribution in [3.63, 3.8) is 0 Å². The Labute approximate surface area is 105 Å². The molecule has 0 radical (unpaired) electrons. The molecule has 0 aliphatic heterocycles. The molecule has 0 aromatic carbocycles. The third kappa shape index (κ3) is 2.43. The summed E-state index contributed by atoms with van der Waals surface area (Å²) in [6, 6.07) is 0. The van der Waals surface area contributed by atoms with Crippen LogP contribution in [0.25, 0.3) is 0 Å². The second-order valence-electron chi connectivity index (χ2n) is 7.05. The Morgan fingerprint density at radius 3 is 2.65 bits per heavy atom. The Hall–Kier alpha value is -0.340. The van der Waals surface area contributed by atoms with Crippen LogP contribution in [-0.2, 0) is 0 Å². The van der Waals surface area contributed by atoms with Crippen LogP contribution in [0.2, 0.25) is 0 Å². The van der Waals surface area contributed by atoms with Crippen LogP contribution in [0.1, 0.15) is 52.9 Å². The maximum atomic E-state index is 10.2. The van der Waals surface area contributed by atoms with Crippen LogP contribution in [0.15, 0.2) is 12.2 Å². The van der Waals surface area contributed by atoms with Gasteiger partial charge in [0.05, 0.1) is 11.7 Å². The van der Waals surface area contributed by atoms with Crippen molar-refractivity contribution in [2.75, 3.05) is 0 Å². The summed E-state index contributed by atoms with van der Waals surface area (Å²) in [5.41, 5.74) is 0.814. The molecule has 4 atom stereocenters. The second kappa shape index (κ2) is 4.10. The van der Waals surface area contributed by atoms with Crippen molar-refractivity contribution in [1.82, 2.24) is 0 Å². The molecule has 2 aliphatic rings. The molecule has 2 N–H and O–H groups in total. The fraction of sp³-hybridized carbons (Fsp3) is 0.867. The molecule has 17 heavy (non-hydrogen) atoms. The van der Waals surface area contributed by atoms with Crippen LogP contribution in [-0.4, -0.2) is 21.9 Å². The van der Waals surface area contributed by atoms with Crippen molar-refractivity contribution in [2.45, 2.75) is 64.6 Å². The lowest BCUT2D eigenvalue weighted by Crippen LogP contribution is -2.46. The highest BCUT2D eigenvalue weighted by Crippen LogP contribution is 2.54. The minimum absolute atomic E-state index is 0.205. The molecule has 2 aliphatic carbocycles. The number of aliphatic hydroxyl groups is 2. The van der Waals surface area contributed by atoms with E-state index in [1.54, 1.807) is 0 Å². The van der Waals surface area contributed by atoms with Gasteiger partial charge in [-0.3, -0.25) is 0 Å². The minimum Gasteiger partial charge on any atom is -0.393 e. The molecule has 0 spiro atoms. The van der Waals surface area contributed by atoms with E-state index in [-0.39, 0.29) is 11.5 Å². The van der Waals surface area contributed by atoms with E-state index in [1.807, 2.05) is 13.8 Å². The van der Waals surface area contributed by atoms with Crippen molar-refractivity contribution < 1.29 is 10.2 Å². The molecular weight excluding hydrogens is 212 g/mol. The van der Waals surface area contributed by atoms with Crippen molar-refractivity contribution in [3.05, 3.63) is 12.2 Å². The molecule has 0 aromatic heterocycles. The van der Waals surface area contributed by atoms with Gasteiger partial charge in [0.25, 0.3) is 0 Å². The summed E-state index contributed by atoms with van der Waals surface area (Å²) in [5.74, 6) is 0.851. The summed E-state index contributed by atoms with van der Waals surface area (Å²) in [4.78, 5) is 0. The Kier molecular flexibility index (Phi) is 3.16. The summed E-state index contributed by atoms with van der Waals surface area (Å²) in [6.45, 7) is 10.3. The molecule has 0 saturated heterocycles. The van der Waals surface area contributed by atoms with Gasteiger partial charge in [-0.05, 0) is 63.2 Å². The zero-order valence-corrected chi connectivity index (χ0v) is 11.4. The highest BCUT2D eigenvalue weighted by molar-refractivity contribution is 5.15. The van der Waals surface area contributed by atoms with Crippen LogP contribution in [0.3, 0.4) is 0 Å². The average Bonchev–Trinajstić information content (AvgIpc) is 2.13. The summed E-state index contributed by atoms with van der Waals surface area (Å²) < 4.78 is 0. The van der Waals surface area contributed by atoms with Gasteiger partial charge in [-0.15, -0.1) is 0 Å². The monoisotopic (exact) mass is 238 g/mol. The predicted octanol–water partition coefficient (Wildman–Crippen LogP) is 2.89. The number of fused-ring (bicyclic) bond motifs is 1. The topological polar surface area (TPSA) is 40.5 Å². The summed E-state index contributed by atoms with van der Waals surface area (Å²) in [6.07, 6.45) is 4.64. The summed E-state index contributed by atoms with van der Waals surface area (Å²) in [7, 11) is 0. The van der Waals surface area contributed by atoms with Crippen molar-refractivity contribution >= 4 is 0 Å². The fourth-order valence-corrected chi connectivity index (χ4v) is 3.97. The van der Waals surface area contributed by atoms with E-state index in [0.717, 1.165) is 32.1 Å². The standard InChI is InChI=1S/C15H26O2/c1-10-7-12(16)9-15(4)6-5-11(8-13(10)15)14(2,3)17/h11-13,16-17H,1,5-9H2,2-4H3/t11-,12+,13-,15+/m1/s1. The van der Waals surface area contributed by atoms with Gasteiger partial charge in [-0.2, -0.15) is 0 Å². The first-order chi connectivity index (χ1) is 7.72. The lowest BCUT2D eigenvalue weighted by Gasteiger charge is -2.51. The summed E-state index contributed by atoms with van der Waals surface area (Å²) >= 11 is 0. The van der Waals surface area contributed by atoms with Gasteiger partial charge in [-0.25, -0.2) is 0 Å². The molecule has 2 rings (SSSR count). The predicted molar refractivity (Wildman–Crippen MR) is 69.6 cm³/mol. The molecule has 0 unspecified atom stereocenters. The molecule has 98 valence electrons. The van der Waals surface area contributed by atoms with Gasteiger partial charge >= 0.3 is 0 Å². The zero-order valence-electron chi connectivity index (χ0n) is 11.4. The first kappa shape index (κ1) is 13.1. The van der Waals surface area contributed by atoms with Gasteiger partial charge < -0.3 is 10.2 Å². The zero-order chi connectivity index (χ0) is 12.8. The molecule has 0 bridgehead atoms. The Balaban J connectivity index is 2.17. The van der Waals surface area contributed by atoms with E-state index in [4.69, 9.17) is 0 Å². The van der Waals surface area contributed by atoms with E-state index in [2.05, 4.69) is 13.5 Å². The largest absolute Gasteiger partial charge is 0.393 e. The maximum absolute atomic E-state index is 10.2. The first-order valence-electron chi connectivity index (χ1n) is 6.80. The molecule has 2 saturated carbocycles. The van der Waals surface area contributed by atoms with E-state index in [1.165, 1.54) is 5.57 Å². The van der Waals surface area contributed by atoms with E-state index >= 15 is 0 Å². The molecule has 0 aromatic rings. The number of hydrogen-bond acceptors (Lipinski definition) is 2. The molecule has 0 heterocycles. The molecule has 2 nitrogen and oxygen atoms in total. The van der Waals surface area contributed by atoms with E-state index < -0.39 is 5.60 Å². The van der Waals surface area contributed by atoms with Crippen molar-refractivity contribution in [2.24, 2.45) is 17.3 Å². The fourth-order valence-electron chi connectivity index (χ4n) is 3.97. The van der Waals surface area contributed by atoms with E-state index in [9.17, 15) is 10.2 Å². The number of hydrogen-bond donors (Lipinski definition) is 2. The average molecular weight is 238 g/mol. The highest BCUT2D eigenvalue weighted by Gasteiger charge is 2.47. The first-order valence-corrected chi connectivity index (χ1v) is 6.80. The van der Waals surface area contributed by atoms with Gasteiger partial charge in [0, 0.05) is 0 Å². The lowest BCUT2D eigenvalue weighted by molar-refractivity contribution is -0.0565. The highest BCUT2D eigenvalue weighted by atomic mass is 16.3. The second-order valence-corrected chi connectivity index (χ2v) is 7.05. The maximum Gasteiger partial charge on any atom is 0.0620 e. The van der Waals surface area contributed by atoms with Crippen LogP contribution in [0, 0.1) is 17.3 Å². The van der Waals surface area contributed by atoms with Crippen LogP contribution < -0.4 is 0 Å². The normalized spacial score (nSPS) is 43.4. The Bertz CT molecular complexity index is 315. The smallest absolute Gasteiger partial charge is 0.0620 e. The van der Waals surface area contributed by atoms with Gasteiger partial charge in [-0.1, -0.05) is 19.1 Å². The van der Waals surface area contributed by atoms with Crippen LogP contribution >= 0.6 is 0 Å². The molecule has 2 fully saturated rings. The number of aliphatic hydroxyl groups excluding tert-OH is 1. The minimum atomic E-state index is -0.586. The van der Waals surface area contributed by atoms with Crippen molar-refractivity contribution in [3.8, 4) is 0 Å². The SMILES string of the molecule is C=C1C[C@H](O)C[C@]2(C)CC[C@@H](C(C)(C)O)C[C@H]12. The van der Waals surface area contributed by atoms with Crippen molar-refractivity contribution in [1.29, 1.82) is 0 Å². The third-order valence-electron chi connectivity index (χ3n) is 5.12. The quantitative estimate of drug-likeness (QED) is 0.690. The van der Waals surface area contributed by atoms with Gasteiger partial charge in [0.1, 0.15) is 0 Å². The number of rotatable bonds is 1. The van der Waals surface area contributed by atoms with Crippen LogP contribution in [0.5, 0.6) is 0 Å².